The highest BCUT2D eigenvalue weighted by Gasteiger charge is 2.08. The first-order chi connectivity index (χ1) is 7.54. The van der Waals surface area contributed by atoms with E-state index in [9.17, 15) is 4.39 Å². The van der Waals surface area contributed by atoms with Gasteiger partial charge in [-0.3, -0.25) is 0 Å². The van der Waals surface area contributed by atoms with E-state index in [1.54, 1.807) is 19.1 Å². The fourth-order valence-electron chi connectivity index (χ4n) is 1.26. The predicted molar refractivity (Wildman–Crippen MR) is 60.7 cm³/mol. The Labute approximate surface area is 95.0 Å². The molecule has 0 radical (unpaired) electrons. The van der Waals surface area contributed by atoms with Crippen LogP contribution in [0.3, 0.4) is 0 Å². The summed E-state index contributed by atoms with van der Waals surface area (Å²) in [5.74, 6) is 0.141. The van der Waals surface area contributed by atoms with E-state index in [1.165, 1.54) is 6.07 Å². The van der Waals surface area contributed by atoms with Crippen LogP contribution in [0.2, 0.25) is 0 Å². The molecule has 0 aliphatic heterocycles. The van der Waals surface area contributed by atoms with Crippen molar-refractivity contribution in [3.63, 3.8) is 0 Å². The third-order valence-corrected chi connectivity index (χ3v) is 2.31. The zero-order valence-corrected chi connectivity index (χ0v) is 9.61. The molecule has 16 heavy (non-hydrogen) atoms. The molecule has 0 amide bonds. The number of hydrogen-bond acceptors (Lipinski definition) is 3. The van der Waals surface area contributed by atoms with Crippen LogP contribution in [-0.2, 0) is 0 Å². The van der Waals surface area contributed by atoms with E-state index in [1.807, 2.05) is 6.92 Å². The van der Waals surface area contributed by atoms with Crippen molar-refractivity contribution in [1.82, 2.24) is 0 Å². The zero-order chi connectivity index (χ0) is 12.1. The molecule has 3 nitrogen and oxygen atoms in total. The van der Waals surface area contributed by atoms with E-state index in [0.717, 1.165) is 0 Å². The summed E-state index contributed by atoms with van der Waals surface area (Å²) in [5.41, 5.74) is 6.07. The van der Waals surface area contributed by atoms with Gasteiger partial charge in [0.05, 0.1) is 6.61 Å². The van der Waals surface area contributed by atoms with Gasteiger partial charge in [0.25, 0.3) is 0 Å². The molecule has 1 aromatic rings. The summed E-state index contributed by atoms with van der Waals surface area (Å²) in [6.07, 6.45) is 0. The Bertz CT molecular complexity index is 342. The summed E-state index contributed by atoms with van der Waals surface area (Å²) in [7, 11) is 0. The monoisotopic (exact) mass is 227 g/mol. The SMILES string of the molecule is CC(CO)COc1ccc([C@@H](C)N)c(F)c1. The van der Waals surface area contributed by atoms with E-state index in [4.69, 9.17) is 15.6 Å². The molecule has 0 bridgehead atoms. The number of ether oxygens (including phenoxy) is 1. The lowest BCUT2D eigenvalue weighted by atomic mass is 10.1. The van der Waals surface area contributed by atoms with Crippen molar-refractivity contribution in [2.75, 3.05) is 13.2 Å². The lowest BCUT2D eigenvalue weighted by molar-refractivity contribution is 0.174. The van der Waals surface area contributed by atoms with E-state index in [0.29, 0.717) is 17.9 Å². The van der Waals surface area contributed by atoms with Crippen LogP contribution in [0.25, 0.3) is 0 Å². The van der Waals surface area contributed by atoms with Gasteiger partial charge in [-0.05, 0) is 13.0 Å². The van der Waals surface area contributed by atoms with Crippen molar-refractivity contribution in [1.29, 1.82) is 0 Å². The van der Waals surface area contributed by atoms with Gasteiger partial charge in [-0.2, -0.15) is 0 Å². The minimum absolute atomic E-state index is 0.0381. The van der Waals surface area contributed by atoms with Crippen LogP contribution < -0.4 is 10.5 Å². The van der Waals surface area contributed by atoms with Crippen molar-refractivity contribution < 1.29 is 14.2 Å². The summed E-state index contributed by atoms with van der Waals surface area (Å²) < 4.78 is 18.8. The molecule has 90 valence electrons. The van der Waals surface area contributed by atoms with Gasteiger partial charge in [-0.1, -0.05) is 13.0 Å². The van der Waals surface area contributed by atoms with Gasteiger partial charge in [-0.25, -0.2) is 4.39 Å². The smallest absolute Gasteiger partial charge is 0.131 e. The average molecular weight is 227 g/mol. The largest absolute Gasteiger partial charge is 0.493 e. The van der Waals surface area contributed by atoms with Crippen LogP contribution in [0.15, 0.2) is 18.2 Å². The molecule has 0 aliphatic rings. The molecule has 4 heteroatoms. The van der Waals surface area contributed by atoms with E-state index < -0.39 is 0 Å². The van der Waals surface area contributed by atoms with Gasteiger partial charge < -0.3 is 15.6 Å². The molecule has 2 atom stereocenters. The highest BCUT2D eigenvalue weighted by molar-refractivity contribution is 5.30. The van der Waals surface area contributed by atoms with Gasteiger partial charge in [0.15, 0.2) is 0 Å². The first-order valence-corrected chi connectivity index (χ1v) is 5.33. The van der Waals surface area contributed by atoms with Gasteiger partial charge in [0.1, 0.15) is 11.6 Å². The number of aliphatic hydroxyl groups is 1. The third-order valence-electron chi connectivity index (χ3n) is 2.31. The number of hydrogen-bond donors (Lipinski definition) is 2. The maximum Gasteiger partial charge on any atom is 0.131 e. The molecule has 3 N–H and O–H groups in total. The van der Waals surface area contributed by atoms with Gasteiger partial charge in [-0.15, -0.1) is 0 Å². The molecule has 0 spiro atoms. The summed E-state index contributed by atoms with van der Waals surface area (Å²) in [6, 6.07) is 4.30. The topological polar surface area (TPSA) is 55.5 Å². The van der Waals surface area contributed by atoms with Crippen molar-refractivity contribution in [2.24, 2.45) is 11.7 Å². The minimum atomic E-state index is -0.357. The molecule has 0 aliphatic carbocycles. The van der Waals surface area contributed by atoms with Crippen molar-refractivity contribution in [2.45, 2.75) is 19.9 Å². The summed E-state index contributed by atoms with van der Waals surface area (Å²) in [4.78, 5) is 0. The highest BCUT2D eigenvalue weighted by Crippen LogP contribution is 2.20. The van der Waals surface area contributed by atoms with E-state index >= 15 is 0 Å². The van der Waals surface area contributed by atoms with Crippen molar-refractivity contribution >= 4 is 0 Å². The number of aliphatic hydroxyl groups excluding tert-OH is 1. The molecule has 0 aromatic heterocycles. The van der Waals surface area contributed by atoms with Gasteiger partial charge in [0, 0.05) is 30.2 Å². The Balaban J connectivity index is 2.66. The van der Waals surface area contributed by atoms with Crippen LogP contribution in [-0.4, -0.2) is 18.3 Å². The summed E-state index contributed by atoms with van der Waals surface area (Å²) in [5, 5.41) is 8.81. The second-order valence-electron chi connectivity index (χ2n) is 4.07. The minimum Gasteiger partial charge on any atom is -0.493 e. The van der Waals surface area contributed by atoms with E-state index in [-0.39, 0.29) is 24.4 Å². The number of rotatable bonds is 5. The quantitative estimate of drug-likeness (QED) is 0.807. The standard InChI is InChI=1S/C12H18FNO2/c1-8(6-15)7-16-10-3-4-11(9(2)14)12(13)5-10/h3-5,8-9,15H,6-7,14H2,1-2H3/t8?,9-/m1/s1. The molecule has 1 rings (SSSR count). The summed E-state index contributed by atoms with van der Waals surface area (Å²) >= 11 is 0. The third kappa shape index (κ3) is 3.47. The molecule has 1 aromatic carbocycles. The number of nitrogens with two attached hydrogens (primary N) is 1. The number of benzene rings is 1. The Morgan fingerprint density at radius 2 is 2.12 bits per heavy atom. The summed E-state index contributed by atoms with van der Waals surface area (Å²) in [6.45, 7) is 4.01. The molecular formula is C12H18FNO2. The molecule has 0 saturated heterocycles. The second kappa shape index (κ2) is 5.82. The normalized spacial score (nSPS) is 14.6. The fourth-order valence-corrected chi connectivity index (χ4v) is 1.26. The van der Waals surface area contributed by atoms with Crippen LogP contribution in [0.5, 0.6) is 5.75 Å². The predicted octanol–water partition coefficient (Wildman–Crippen LogP) is 1.85. The maximum atomic E-state index is 13.5. The Morgan fingerprint density at radius 1 is 1.44 bits per heavy atom. The Morgan fingerprint density at radius 3 is 2.62 bits per heavy atom. The molecule has 1 unspecified atom stereocenters. The van der Waals surface area contributed by atoms with Crippen LogP contribution in [0, 0.1) is 11.7 Å². The first kappa shape index (κ1) is 12.9. The van der Waals surface area contributed by atoms with Crippen LogP contribution >= 0.6 is 0 Å². The van der Waals surface area contributed by atoms with Gasteiger partial charge >= 0.3 is 0 Å². The molecular weight excluding hydrogens is 209 g/mol. The number of halogens is 1. The fraction of sp³-hybridized carbons (Fsp3) is 0.500. The molecule has 0 heterocycles. The average Bonchev–Trinajstić information content (AvgIpc) is 2.25. The zero-order valence-electron chi connectivity index (χ0n) is 9.61. The van der Waals surface area contributed by atoms with Crippen molar-refractivity contribution in [3.8, 4) is 5.75 Å². The van der Waals surface area contributed by atoms with Crippen molar-refractivity contribution in [3.05, 3.63) is 29.6 Å². The lowest BCUT2D eigenvalue weighted by Gasteiger charge is -2.12. The highest BCUT2D eigenvalue weighted by atomic mass is 19.1. The maximum absolute atomic E-state index is 13.5. The van der Waals surface area contributed by atoms with Crippen LogP contribution in [0.4, 0.5) is 4.39 Å². The molecule has 0 fully saturated rings. The second-order valence-corrected chi connectivity index (χ2v) is 4.07. The Kier molecular flexibility index (Phi) is 4.71. The van der Waals surface area contributed by atoms with Gasteiger partial charge in [0.2, 0.25) is 0 Å². The Hall–Kier alpha value is -1.13. The molecule has 0 saturated carbocycles. The van der Waals surface area contributed by atoms with Crippen LogP contribution in [0.1, 0.15) is 25.5 Å². The van der Waals surface area contributed by atoms with E-state index in [2.05, 4.69) is 0 Å². The first-order valence-electron chi connectivity index (χ1n) is 5.33. The lowest BCUT2D eigenvalue weighted by Crippen LogP contribution is -2.12.